The predicted octanol–water partition coefficient (Wildman–Crippen LogP) is 2.03. The first-order chi connectivity index (χ1) is 9.69. The predicted molar refractivity (Wildman–Crippen MR) is 77.5 cm³/mol. The van der Waals surface area contributed by atoms with Crippen molar-refractivity contribution in [2.75, 3.05) is 26.2 Å². The number of nitriles is 1. The molecule has 2 unspecified atom stereocenters. The Morgan fingerprint density at radius 3 is 3.10 bits per heavy atom. The largest absolute Gasteiger partial charge is 0.494 e. The third-order valence-electron chi connectivity index (χ3n) is 3.85. The molecule has 1 saturated heterocycles. The molecule has 108 valence electrons. The number of benzene rings is 1. The van der Waals surface area contributed by atoms with E-state index < -0.39 is 0 Å². The van der Waals surface area contributed by atoms with E-state index in [2.05, 4.69) is 17.9 Å². The normalized spacial score (nSPS) is 23.2. The van der Waals surface area contributed by atoms with Crippen molar-refractivity contribution < 1.29 is 9.84 Å². The number of β-amino-alcohol motifs (C(OH)–C–C–N with tert-alkyl or cyclic N) is 1. The van der Waals surface area contributed by atoms with Gasteiger partial charge in [0.05, 0.1) is 24.3 Å². The molecule has 20 heavy (non-hydrogen) atoms. The molecule has 0 spiro atoms. The second kappa shape index (κ2) is 7.28. The quantitative estimate of drug-likeness (QED) is 0.835. The molecule has 0 amide bonds. The van der Waals surface area contributed by atoms with Gasteiger partial charge in [-0.3, -0.25) is 0 Å². The van der Waals surface area contributed by atoms with Gasteiger partial charge in [-0.05, 0) is 43.5 Å². The number of aliphatic hydroxyl groups is 1. The minimum atomic E-state index is -0.197. The number of hydrogen-bond donors (Lipinski definition) is 1. The van der Waals surface area contributed by atoms with Crippen LogP contribution in [0.25, 0.3) is 0 Å². The zero-order valence-corrected chi connectivity index (χ0v) is 12.0. The molecule has 1 aromatic rings. The molecule has 4 heteroatoms. The topological polar surface area (TPSA) is 56.5 Å². The lowest BCUT2D eigenvalue weighted by atomic mass is 9.96. The van der Waals surface area contributed by atoms with Gasteiger partial charge in [-0.15, -0.1) is 0 Å². The number of rotatable bonds is 5. The van der Waals surface area contributed by atoms with E-state index in [1.165, 1.54) is 0 Å². The van der Waals surface area contributed by atoms with Crippen molar-refractivity contribution in [3.63, 3.8) is 0 Å². The fraction of sp³-hybridized carbons (Fsp3) is 0.562. The highest BCUT2D eigenvalue weighted by Gasteiger charge is 2.23. The molecule has 0 radical (unpaired) electrons. The first-order valence-electron chi connectivity index (χ1n) is 7.22. The lowest BCUT2D eigenvalue weighted by Crippen LogP contribution is -2.43. The molecule has 2 atom stereocenters. The summed E-state index contributed by atoms with van der Waals surface area (Å²) in [6.07, 6.45) is 1.79. The minimum Gasteiger partial charge on any atom is -0.494 e. The molecule has 0 aliphatic carbocycles. The van der Waals surface area contributed by atoms with Crippen molar-refractivity contribution in [1.82, 2.24) is 4.90 Å². The van der Waals surface area contributed by atoms with Gasteiger partial charge in [-0.2, -0.15) is 5.26 Å². The van der Waals surface area contributed by atoms with Gasteiger partial charge in [0, 0.05) is 13.1 Å². The monoisotopic (exact) mass is 274 g/mol. The van der Waals surface area contributed by atoms with Crippen molar-refractivity contribution in [2.24, 2.45) is 5.92 Å². The molecular formula is C16H22N2O2. The Hall–Kier alpha value is -1.57. The van der Waals surface area contributed by atoms with Crippen LogP contribution in [0.5, 0.6) is 5.75 Å². The molecule has 1 N–H and O–H groups in total. The van der Waals surface area contributed by atoms with Gasteiger partial charge >= 0.3 is 0 Å². The summed E-state index contributed by atoms with van der Waals surface area (Å²) in [6, 6.07) is 9.32. The first-order valence-corrected chi connectivity index (χ1v) is 7.22. The number of nitrogens with zero attached hydrogens (tertiary/aromatic N) is 2. The van der Waals surface area contributed by atoms with Gasteiger partial charge in [0.15, 0.2) is 0 Å². The van der Waals surface area contributed by atoms with Crippen LogP contribution in [0.4, 0.5) is 0 Å². The maximum atomic E-state index is 9.84. The third kappa shape index (κ3) is 4.22. The molecular weight excluding hydrogens is 252 g/mol. The van der Waals surface area contributed by atoms with Gasteiger partial charge in [0.25, 0.3) is 0 Å². The lowest BCUT2D eigenvalue weighted by Gasteiger charge is -2.34. The van der Waals surface area contributed by atoms with Gasteiger partial charge in [0.2, 0.25) is 0 Å². The number of hydrogen-bond acceptors (Lipinski definition) is 4. The van der Waals surface area contributed by atoms with Gasteiger partial charge < -0.3 is 14.7 Å². The summed E-state index contributed by atoms with van der Waals surface area (Å²) < 4.78 is 5.65. The van der Waals surface area contributed by atoms with Crippen LogP contribution in [0.15, 0.2) is 24.3 Å². The summed E-state index contributed by atoms with van der Waals surface area (Å²) in [5.74, 6) is 1.16. The van der Waals surface area contributed by atoms with Crippen molar-refractivity contribution in [2.45, 2.75) is 25.9 Å². The van der Waals surface area contributed by atoms with Gasteiger partial charge in [-0.1, -0.05) is 13.0 Å². The maximum Gasteiger partial charge on any atom is 0.120 e. The maximum absolute atomic E-state index is 9.84. The van der Waals surface area contributed by atoms with Crippen LogP contribution in [0.3, 0.4) is 0 Å². The number of likely N-dealkylation sites (tertiary alicyclic amines) is 1. The van der Waals surface area contributed by atoms with Crippen LogP contribution in [0.1, 0.15) is 25.3 Å². The third-order valence-corrected chi connectivity index (χ3v) is 3.85. The number of aliphatic hydroxyl groups excluding tert-OH is 1. The van der Waals surface area contributed by atoms with E-state index in [0.717, 1.165) is 38.2 Å². The van der Waals surface area contributed by atoms with E-state index in [0.29, 0.717) is 18.1 Å². The van der Waals surface area contributed by atoms with Crippen molar-refractivity contribution in [3.8, 4) is 11.8 Å². The summed E-state index contributed by atoms with van der Waals surface area (Å²) in [6.45, 7) is 5.51. The van der Waals surface area contributed by atoms with Crippen LogP contribution in [-0.2, 0) is 0 Å². The smallest absolute Gasteiger partial charge is 0.120 e. The Balaban J connectivity index is 1.68. The van der Waals surface area contributed by atoms with Crippen LogP contribution >= 0.6 is 0 Å². The van der Waals surface area contributed by atoms with E-state index in [1.54, 1.807) is 12.1 Å². The molecule has 2 rings (SSSR count). The van der Waals surface area contributed by atoms with Crippen LogP contribution in [0, 0.1) is 17.2 Å². The molecule has 0 bridgehead atoms. The minimum absolute atomic E-state index is 0.197. The highest BCUT2D eigenvalue weighted by molar-refractivity contribution is 5.36. The second-order valence-electron chi connectivity index (χ2n) is 5.48. The Morgan fingerprint density at radius 2 is 2.35 bits per heavy atom. The van der Waals surface area contributed by atoms with Gasteiger partial charge in [-0.25, -0.2) is 0 Å². The summed E-state index contributed by atoms with van der Waals surface area (Å²) in [4.78, 5) is 2.29. The van der Waals surface area contributed by atoms with Crippen LogP contribution in [0.2, 0.25) is 0 Å². The molecule has 4 nitrogen and oxygen atoms in total. The highest BCUT2D eigenvalue weighted by atomic mass is 16.5. The second-order valence-corrected chi connectivity index (χ2v) is 5.48. The van der Waals surface area contributed by atoms with E-state index in [-0.39, 0.29) is 6.10 Å². The van der Waals surface area contributed by atoms with Crippen LogP contribution < -0.4 is 4.74 Å². The Bertz CT molecular complexity index is 470. The molecule has 0 saturated carbocycles. The lowest BCUT2D eigenvalue weighted by molar-refractivity contribution is 0.0275. The molecule has 1 heterocycles. The summed E-state index contributed by atoms with van der Waals surface area (Å²) in [7, 11) is 0. The van der Waals surface area contributed by atoms with E-state index in [1.807, 2.05) is 12.1 Å². The van der Waals surface area contributed by atoms with Crippen LogP contribution in [-0.4, -0.2) is 42.4 Å². The zero-order chi connectivity index (χ0) is 14.4. The van der Waals surface area contributed by atoms with Crippen molar-refractivity contribution >= 4 is 0 Å². The fourth-order valence-electron chi connectivity index (χ4n) is 2.45. The molecule has 0 aromatic heterocycles. The Kier molecular flexibility index (Phi) is 5.40. The standard InChI is InChI=1S/C16H22N2O2/c1-13-6-8-18(12-16(13)19)7-3-9-20-15-5-2-4-14(10-15)11-17/h2,4-5,10,13,16,19H,3,6-9,12H2,1H3. The Morgan fingerprint density at radius 1 is 1.50 bits per heavy atom. The molecule has 1 aromatic carbocycles. The summed E-state index contributed by atoms with van der Waals surface area (Å²) >= 11 is 0. The van der Waals surface area contributed by atoms with E-state index >= 15 is 0 Å². The average molecular weight is 274 g/mol. The fourth-order valence-corrected chi connectivity index (χ4v) is 2.45. The Labute approximate surface area is 120 Å². The summed E-state index contributed by atoms with van der Waals surface area (Å²) in [5, 5.41) is 18.7. The van der Waals surface area contributed by atoms with Crippen molar-refractivity contribution in [3.05, 3.63) is 29.8 Å². The number of piperidine rings is 1. The zero-order valence-electron chi connectivity index (χ0n) is 12.0. The van der Waals surface area contributed by atoms with E-state index in [4.69, 9.17) is 10.00 Å². The van der Waals surface area contributed by atoms with Crippen molar-refractivity contribution in [1.29, 1.82) is 5.26 Å². The average Bonchev–Trinajstić information content (AvgIpc) is 2.47. The first kappa shape index (κ1) is 14.8. The highest BCUT2D eigenvalue weighted by Crippen LogP contribution is 2.17. The molecule has 1 fully saturated rings. The summed E-state index contributed by atoms with van der Waals surface area (Å²) in [5.41, 5.74) is 0.621. The SMILES string of the molecule is CC1CCN(CCCOc2cccc(C#N)c2)CC1O. The number of ether oxygens (including phenoxy) is 1. The van der Waals surface area contributed by atoms with Gasteiger partial charge in [0.1, 0.15) is 5.75 Å². The molecule has 1 aliphatic rings. The van der Waals surface area contributed by atoms with E-state index in [9.17, 15) is 5.11 Å². The molecule has 1 aliphatic heterocycles.